The number of fused-ring (bicyclic) bond motifs is 1. The first-order chi connectivity index (χ1) is 12.6. The SMILES string of the molecule is Cc1ccccc1C1=Nc2c(cccc2C(=O)N=c2ccccn2O)C1. The molecule has 1 aromatic heterocycles. The van der Waals surface area contributed by atoms with Crippen LogP contribution in [-0.2, 0) is 6.42 Å². The van der Waals surface area contributed by atoms with Crippen molar-refractivity contribution in [2.24, 2.45) is 9.98 Å². The fourth-order valence-electron chi connectivity index (χ4n) is 3.12. The average molecular weight is 343 g/mol. The highest BCUT2D eigenvalue weighted by Crippen LogP contribution is 2.33. The van der Waals surface area contributed by atoms with Crippen LogP contribution >= 0.6 is 0 Å². The first kappa shape index (κ1) is 16.0. The third-order valence-corrected chi connectivity index (χ3v) is 4.45. The molecule has 128 valence electrons. The number of pyridine rings is 1. The van der Waals surface area contributed by atoms with Gasteiger partial charge >= 0.3 is 0 Å². The lowest BCUT2D eigenvalue weighted by Gasteiger charge is -2.03. The molecule has 0 bridgehead atoms. The molecule has 4 rings (SSSR count). The van der Waals surface area contributed by atoms with Crippen molar-refractivity contribution in [1.29, 1.82) is 0 Å². The molecule has 1 aliphatic heterocycles. The molecule has 2 aromatic carbocycles. The molecule has 0 radical (unpaired) electrons. The second kappa shape index (κ2) is 6.44. The zero-order valence-electron chi connectivity index (χ0n) is 14.3. The molecule has 0 atom stereocenters. The number of benzene rings is 2. The molecular formula is C21H17N3O2. The third-order valence-electron chi connectivity index (χ3n) is 4.45. The van der Waals surface area contributed by atoms with Gasteiger partial charge in [0.1, 0.15) is 0 Å². The Bertz CT molecular complexity index is 1110. The Morgan fingerprint density at radius 3 is 2.69 bits per heavy atom. The number of aryl methyl sites for hydroxylation is 1. The Labute approximate surface area is 150 Å². The number of rotatable bonds is 2. The summed E-state index contributed by atoms with van der Waals surface area (Å²) in [5.41, 5.74) is 5.49. The summed E-state index contributed by atoms with van der Waals surface area (Å²) in [5, 5.41) is 9.76. The van der Waals surface area contributed by atoms with Gasteiger partial charge in [0.05, 0.1) is 17.0 Å². The lowest BCUT2D eigenvalue weighted by atomic mass is 9.99. The molecule has 1 aliphatic rings. The second-order valence-corrected chi connectivity index (χ2v) is 6.18. The van der Waals surface area contributed by atoms with Gasteiger partial charge in [0.15, 0.2) is 5.49 Å². The third kappa shape index (κ3) is 2.84. The summed E-state index contributed by atoms with van der Waals surface area (Å²) in [5.74, 6) is -0.425. The predicted molar refractivity (Wildman–Crippen MR) is 99.0 cm³/mol. The standard InChI is InChI=1S/C21H17N3O2/c1-14-7-2-3-9-16(14)18-13-15-8-6-10-17(20(15)22-18)21(25)23-19-11-4-5-12-24(19)26/h2-12,26H,13H2,1H3. The number of hydrogen-bond acceptors (Lipinski definition) is 3. The smallest absolute Gasteiger partial charge is 0.281 e. The molecule has 0 saturated heterocycles. The Kier molecular flexibility index (Phi) is 3.97. The normalized spacial score (nSPS) is 13.4. The van der Waals surface area contributed by atoms with Gasteiger partial charge in [-0.25, -0.2) is 0 Å². The van der Waals surface area contributed by atoms with E-state index in [1.165, 1.54) is 6.20 Å². The van der Waals surface area contributed by atoms with Crippen LogP contribution in [0.25, 0.3) is 0 Å². The number of para-hydroxylation sites is 1. The Balaban J connectivity index is 1.77. The zero-order chi connectivity index (χ0) is 18.1. The van der Waals surface area contributed by atoms with Crippen LogP contribution in [-0.4, -0.2) is 21.6 Å². The molecule has 0 fully saturated rings. The van der Waals surface area contributed by atoms with Crippen LogP contribution < -0.4 is 5.49 Å². The summed E-state index contributed by atoms with van der Waals surface area (Å²) in [7, 11) is 0. The molecule has 0 saturated carbocycles. The first-order valence-corrected chi connectivity index (χ1v) is 8.35. The number of nitrogens with zero attached hydrogens (tertiary/aromatic N) is 3. The van der Waals surface area contributed by atoms with Crippen LogP contribution in [0.2, 0.25) is 0 Å². The van der Waals surface area contributed by atoms with E-state index in [0.29, 0.717) is 17.7 Å². The largest absolute Gasteiger partial charge is 0.427 e. The van der Waals surface area contributed by atoms with Gasteiger partial charge in [-0.05, 0) is 41.8 Å². The summed E-state index contributed by atoms with van der Waals surface area (Å²) >= 11 is 0. The van der Waals surface area contributed by atoms with Crippen LogP contribution in [0.15, 0.2) is 76.8 Å². The maximum Gasteiger partial charge on any atom is 0.281 e. The highest BCUT2D eigenvalue weighted by Gasteiger charge is 2.22. The van der Waals surface area contributed by atoms with Crippen molar-refractivity contribution < 1.29 is 10.0 Å². The first-order valence-electron chi connectivity index (χ1n) is 8.35. The number of hydrogen-bond donors (Lipinski definition) is 1. The zero-order valence-corrected chi connectivity index (χ0v) is 14.3. The number of carbonyl (C=O) groups excluding carboxylic acids is 1. The second-order valence-electron chi connectivity index (χ2n) is 6.18. The van der Waals surface area contributed by atoms with E-state index in [-0.39, 0.29) is 5.49 Å². The van der Waals surface area contributed by atoms with Crippen molar-refractivity contribution in [3.05, 3.63) is 94.6 Å². The Morgan fingerprint density at radius 2 is 1.88 bits per heavy atom. The Morgan fingerprint density at radius 1 is 1.08 bits per heavy atom. The van der Waals surface area contributed by atoms with Crippen molar-refractivity contribution in [2.45, 2.75) is 13.3 Å². The predicted octanol–water partition coefficient (Wildman–Crippen LogP) is 3.45. The number of aromatic nitrogens is 1. The van der Waals surface area contributed by atoms with Crippen LogP contribution in [0, 0.1) is 6.92 Å². The van der Waals surface area contributed by atoms with E-state index >= 15 is 0 Å². The van der Waals surface area contributed by atoms with Crippen molar-refractivity contribution >= 4 is 17.3 Å². The van der Waals surface area contributed by atoms with Crippen LogP contribution in [0.5, 0.6) is 0 Å². The lowest BCUT2D eigenvalue weighted by molar-refractivity contribution is 0.0988. The van der Waals surface area contributed by atoms with Crippen molar-refractivity contribution in [3.8, 4) is 0 Å². The van der Waals surface area contributed by atoms with Gasteiger partial charge in [-0.2, -0.15) is 9.72 Å². The van der Waals surface area contributed by atoms with E-state index in [1.807, 2.05) is 30.3 Å². The molecular weight excluding hydrogens is 326 g/mol. The molecule has 5 heteroatoms. The number of amides is 1. The van der Waals surface area contributed by atoms with Gasteiger partial charge in [0, 0.05) is 12.6 Å². The van der Waals surface area contributed by atoms with E-state index < -0.39 is 5.91 Å². The summed E-state index contributed by atoms with van der Waals surface area (Å²) in [6, 6.07) is 18.6. The maximum absolute atomic E-state index is 12.7. The summed E-state index contributed by atoms with van der Waals surface area (Å²) < 4.78 is 0.823. The molecule has 0 unspecified atom stereocenters. The number of aliphatic imine (C=N–C) groups is 1. The fraction of sp³-hybridized carbons (Fsp3) is 0.0952. The molecule has 1 N–H and O–H groups in total. The van der Waals surface area contributed by atoms with Crippen LogP contribution in [0.3, 0.4) is 0 Å². The van der Waals surface area contributed by atoms with E-state index in [4.69, 9.17) is 4.99 Å². The quantitative estimate of drug-likeness (QED) is 0.724. The maximum atomic E-state index is 12.7. The van der Waals surface area contributed by atoms with Gasteiger partial charge in [-0.3, -0.25) is 9.79 Å². The highest BCUT2D eigenvalue weighted by molar-refractivity contribution is 6.11. The highest BCUT2D eigenvalue weighted by atomic mass is 16.5. The summed E-state index contributed by atoms with van der Waals surface area (Å²) in [4.78, 5) is 21.4. The van der Waals surface area contributed by atoms with Gasteiger partial charge in [0.2, 0.25) is 0 Å². The molecule has 0 spiro atoms. The number of carbonyl (C=O) groups is 1. The topological polar surface area (TPSA) is 67.0 Å². The Hall–Kier alpha value is -3.47. The molecule has 26 heavy (non-hydrogen) atoms. The van der Waals surface area contributed by atoms with E-state index in [0.717, 1.165) is 27.1 Å². The summed E-state index contributed by atoms with van der Waals surface area (Å²) in [6.45, 7) is 2.05. The fourth-order valence-corrected chi connectivity index (χ4v) is 3.12. The lowest BCUT2D eigenvalue weighted by Crippen LogP contribution is -2.19. The van der Waals surface area contributed by atoms with Crippen LogP contribution in [0.1, 0.15) is 27.0 Å². The van der Waals surface area contributed by atoms with Crippen molar-refractivity contribution in [3.63, 3.8) is 0 Å². The van der Waals surface area contributed by atoms with Gasteiger partial charge < -0.3 is 5.21 Å². The van der Waals surface area contributed by atoms with E-state index in [1.54, 1.807) is 24.3 Å². The average Bonchev–Trinajstić information content (AvgIpc) is 3.07. The monoisotopic (exact) mass is 343 g/mol. The van der Waals surface area contributed by atoms with Crippen molar-refractivity contribution in [2.75, 3.05) is 0 Å². The van der Waals surface area contributed by atoms with Crippen LogP contribution in [0.4, 0.5) is 5.69 Å². The van der Waals surface area contributed by atoms with Gasteiger partial charge in [0.25, 0.3) is 5.91 Å². The summed E-state index contributed by atoms with van der Waals surface area (Å²) in [6.07, 6.45) is 2.11. The molecule has 1 amide bonds. The van der Waals surface area contributed by atoms with Gasteiger partial charge in [-0.1, -0.05) is 42.5 Å². The molecule has 3 aromatic rings. The minimum absolute atomic E-state index is 0.177. The molecule has 2 heterocycles. The van der Waals surface area contributed by atoms with E-state index in [2.05, 4.69) is 18.0 Å². The minimum Gasteiger partial charge on any atom is -0.427 e. The van der Waals surface area contributed by atoms with Gasteiger partial charge in [-0.15, -0.1) is 0 Å². The van der Waals surface area contributed by atoms with Crippen molar-refractivity contribution in [1.82, 2.24) is 4.73 Å². The molecule has 5 nitrogen and oxygen atoms in total. The molecule has 0 aliphatic carbocycles. The van der Waals surface area contributed by atoms with E-state index in [9.17, 15) is 10.0 Å². The minimum atomic E-state index is -0.425.